The number of aryl methyl sites for hydroxylation is 1. The number of rotatable bonds is 6. The first-order valence-corrected chi connectivity index (χ1v) is 9.23. The van der Waals surface area contributed by atoms with Crippen molar-refractivity contribution in [2.45, 2.75) is 58.6 Å². The van der Waals surface area contributed by atoms with Crippen molar-refractivity contribution in [3.8, 4) is 0 Å². The third-order valence-corrected chi connectivity index (χ3v) is 4.73. The highest BCUT2D eigenvalue weighted by Gasteiger charge is 2.24. The molecule has 0 amide bonds. The Hall–Kier alpha value is -1.63. The minimum absolute atomic E-state index is 0.0363. The highest BCUT2D eigenvalue weighted by molar-refractivity contribution is 5.75. The van der Waals surface area contributed by atoms with E-state index >= 15 is 0 Å². The van der Waals surface area contributed by atoms with Gasteiger partial charge >= 0.3 is 5.69 Å². The smallest absolute Gasteiger partial charge is 0.329 e. The van der Waals surface area contributed by atoms with Gasteiger partial charge in [-0.1, -0.05) is 19.1 Å². The fourth-order valence-electron chi connectivity index (χ4n) is 3.89. The van der Waals surface area contributed by atoms with Crippen molar-refractivity contribution in [3.63, 3.8) is 0 Å². The lowest BCUT2D eigenvalue weighted by molar-refractivity contribution is -0.0772. The van der Waals surface area contributed by atoms with Gasteiger partial charge in [0.1, 0.15) is 0 Å². The van der Waals surface area contributed by atoms with E-state index in [1.54, 1.807) is 9.13 Å². The second-order valence-electron chi connectivity index (χ2n) is 7.16. The summed E-state index contributed by atoms with van der Waals surface area (Å²) in [6, 6.07) is 7.81. The van der Waals surface area contributed by atoms with Crippen LogP contribution in [-0.4, -0.2) is 57.1 Å². The molecular weight excluding hydrogens is 318 g/mol. The van der Waals surface area contributed by atoms with Gasteiger partial charge in [-0.05, 0) is 32.4 Å². The van der Waals surface area contributed by atoms with Crippen LogP contribution in [0.5, 0.6) is 0 Å². The third kappa shape index (κ3) is 3.97. The number of hydrogen-bond acceptors (Lipinski definition) is 4. The Labute approximate surface area is 148 Å². The summed E-state index contributed by atoms with van der Waals surface area (Å²) in [5.74, 6) is 0. The van der Waals surface area contributed by atoms with Gasteiger partial charge in [0.2, 0.25) is 0 Å². The predicted molar refractivity (Wildman–Crippen MR) is 98.9 cm³/mol. The Morgan fingerprint density at radius 2 is 1.72 bits per heavy atom. The monoisotopic (exact) mass is 347 g/mol. The number of aromatic nitrogens is 2. The SMILES string of the molecule is CCCn1c(=O)n(CC(O)CN2CC(C)OC(C)C2)c2ccccc21. The van der Waals surface area contributed by atoms with Gasteiger partial charge in [-0.2, -0.15) is 0 Å². The maximum atomic E-state index is 12.8. The quantitative estimate of drug-likeness (QED) is 0.864. The summed E-state index contributed by atoms with van der Waals surface area (Å²) in [5, 5.41) is 10.6. The maximum Gasteiger partial charge on any atom is 0.329 e. The molecule has 1 aromatic heterocycles. The fourth-order valence-corrected chi connectivity index (χ4v) is 3.89. The van der Waals surface area contributed by atoms with E-state index in [1.165, 1.54) is 0 Å². The van der Waals surface area contributed by atoms with Crippen LogP contribution < -0.4 is 5.69 Å². The molecule has 3 unspecified atom stereocenters. The number of β-amino-alcohol motifs (C(OH)–C–C–N with tert-alkyl or cyclic N) is 1. The van der Waals surface area contributed by atoms with Crippen LogP contribution in [-0.2, 0) is 17.8 Å². The van der Waals surface area contributed by atoms with Crippen LogP contribution in [0.4, 0.5) is 0 Å². The van der Waals surface area contributed by atoms with Crippen LogP contribution in [0.1, 0.15) is 27.2 Å². The summed E-state index contributed by atoms with van der Waals surface area (Å²) in [4.78, 5) is 15.0. The largest absolute Gasteiger partial charge is 0.390 e. The number of aliphatic hydroxyl groups excluding tert-OH is 1. The number of hydrogen-bond donors (Lipinski definition) is 1. The van der Waals surface area contributed by atoms with Crippen LogP contribution in [0.25, 0.3) is 11.0 Å². The second-order valence-corrected chi connectivity index (χ2v) is 7.16. The van der Waals surface area contributed by atoms with E-state index in [4.69, 9.17) is 4.74 Å². The topological polar surface area (TPSA) is 59.6 Å². The van der Waals surface area contributed by atoms with Gasteiger partial charge in [-0.15, -0.1) is 0 Å². The molecule has 6 heteroatoms. The third-order valence-electron chi connectivity index (χ3n) is 4.73. The molecule has 1 aromatic carbocycles. The van der Waals surface area contributed by atoms with Gasteiger partial charge in [0.25, 0.3) is 0 Å². The molecule has 1 N–H and O–H groups in total. The Morgan fingerprint density at radius 1 is 1.12 bits per heavy atom. The number of imidazole rings is 1. The molecule has 138 valence electrons. The van der Waals surface area contributed by atoms with E-state index in [1.807, 2.05) is 24.3 Å². The van der Waals surface area contributed by atoms with Crippen LogP contribution in [0, 0.1) is 0 Å². The lowest BCUT2D eigenvalue weighted by Gasteiger charge is -2.36. The molecule has 1 aliphatic rings. The standard InChI is InChI=1S/C19H29N3O3/c1-4-9-21-17-7-5-6-8-18(17)22(19(21)24)13-16(23)12-20-10-14(2)25-15(3)11-20/h5-8,14-16,23H,4,9-13H2,1-3H3. The molecule has 6 nitrogen and oxygen atoms in total. The lowest BCUT2D eigenvalue weighted by Crippen LogP contribution is -2.48. The summed E-state index contributed by atoms with van der Waals surface area (Å²) < 4.78 is 9.26. The van der Waals surface area contributed by atoms with Crippen molar-refractivity contribution >= 4 is 11.0 Å². The molecule has 0 bridgehead atoms. The molecule has 2 aromatic rings. The Balaban J connectivity index is 1.78. The van der Waals surface area contributed by atoms with E-state index in [0.29, 0.717) is 19.6 Å². The minimum Gasteiger partial charge on any atom is -0.390 e. The fraction of sp³-hybridized carbons (Fsp3) is 0.632. The zero-order valence-corrected chi connectivity index (χ0v) is 15.4. The maximum absolute atomic E-state index is 12.8. The molecule has 3 atom stereocenters. The number of benzene rings is 1. The van der Waals surface area contributed by atoms with E-state index in [9.17, 15) is 9.90 Å². The van der Waals surface area contributed by atoms with Crippen molar-refractivity contribution in [2.75, 3.05) is 19.6 Å². The molecular formula is C19H29N3O3. The number of morpholine rings is 1. The normalized spacial score (nSPS) is 23.2. The molecule has 0 saturated carbocycles. The van der Waals surface area contributed by atoms with Crippen LogP contribution in [0.2, 0.25) is 0 Å². The van der Waals surface area contributed by atoms with Crippen LogP contribution >= 0.6 is 0 Å². The number of aliphatic hydroxyl groups is 1. The molecule has 0 aliphatic carbocycles. The van der Waals surface area contributed by atoms with E-state index in [-0.39, 0.29) is 17.9 Å². The second kappa shape index (κ2) is 7.72. The summed E-state index contributed by atoms with van der Waals surface area (Å²) in [7, 11) is 0. The van der Waals surface area contributed by atoms with Crippen molar-refractivity contribution in [1.82, 2.24) is 14.0 Å². The van der Waals surface area contributed by atoms with Gasteiger partial charge in [0.05, 0.1) is 35.9 Å². The number of para-hydroxylation sites is 2. The highest BCUT2D eigenvalue weighted by Crippen LogP contribution is 2.15. The summed E-state index contributed by atoms with van der Waals surface area (Å²) in [6.07, 6.45) is 0.659. The molecule has 3 rings (SSSR count). The van der Waals surface area contributed by atoms with Crippen molar-refractivity contribution < 1.29 is 9.84 Å². The molecule has 2 heterocycles. The molecule has 1 saturated heterocycles. The lowest BCUT2D eigenvalue weighted by atomic mass is 10.2. The van der Waals surface area contributed by atoms with Gasteiger partial charge in [0.15, 0.2) is 0 Å². The first kappa shape index (κ1) is 18.2. The molecule has 25 heavy (non-hydrogen) atoms. The number of ether oxygens (including phenoxy) is 1. The molecule has 0 spiro atoms. The number of fused-ring (bicyclic) bond motifs is 1. The minimum atomic E-state index is -0.587. The average Bonchev–Trinajstić information content (AvgIpc) is 2.80. The number of nitrogens with zero attached hydrogens (tertiary/aromatic N) is 3. The van der Waals surface area contributed by atoms with Gasteiger partial charge < -0.3 is 9.84 Å². The zero-order valence-electron chi connectivity index (χ0n) is 15.4. The Morgan fingerprint density at radius 3 is 2.32 bits per heavy atom. The highest BCUT2D eigenvalue weighted by atomic mass is 16.5. The van der Waals surface area contributed by atoms with Gasteiger partial charge in [-0.25, -0.2) is 4.79 Å². The first-order chi connectivity index (χ1) is 12.0. The molecule has 1 aliphatic heterocycles. The van der Waals surface area contributed by atoms with Gasteiger partial charge in [-0.3, -0.25) is 14.0 Å². The zero-order chi connectivity index (χ0) is 18.0. The van der Waals surface area contributed by atoms with Crippen LogP contribution in [0.15, 0.2) is 29.1 Å². The Kier molecular flexibility index (Phi) is 5.61. The van der Waals surface area contributed by atoms with Crippen molar-refractivity contribution in [3.05, 3.63) is 34.7 Å². The predicted octanol–water partition coefficient (Wildman–Crippen LogP) is 1.68. The van der Waals surface area contributed by atoms with E-state index in [2.05, 4.69) is 25.7 Å². The van der Waals surface area contributed by atoms with Crippen molar-refractivity contribution in [1.29, 1.82) is 0 Å². The molecule has 1 fully saturated rings. The Bertz CT molecular complexity index is 757. The van der Waals surface area contributed by atoms with E-state index < -0.39 is 6.10 Å². The van der Waals surface area contributed by atoms with E-state index in [0.717, 1.165) is 30.5 Å². The summed E-state index contributed by atoms with van der Waals surface area (Å²) >= 11 is 0. The van der Waals surface area contributed by atoms with Crippen molar-refractivity contribution in [2.24, 2.45) is 0 Å². The first-order valence-electron chi connectivity index (χ1n) is 9.23. The summed E-state index contributed by atoms with van der Waals surface area (Å²) in [5.41, 5.74) is 1.80. The summed E-state index contributed by atoms with van der Waals surface area (Å²) in [6.45, 7) is 9.36. The average molecular weight is 347 g/mol. The van der Waals surface area contributed by atoms with Gasteiger partial charge in [0, 0.05) is 26.2 Å². The van der Waals surface area contributed by atoms with Crippen LogP contribution in [0.3, 0.4) is 0 Å². The molecule has 0 radical (unpaired) electrons.